The molecular weight excluding hydrogens is 246 g/mol. The summed E-state index contributed by atoms with van der Waals surface area (Å²) in [5, 5.41) is 2.54. The molecule has 0 aromatic carbocycles. The van der Waals surface area contributed by atoms with E-state index in [1.54, 1.807) is 0 Å². The van der Waals surface area contributed by atoms with Gasteiger partial charge in [-0.3, -0.25) is 4.57 Å². The average Bonchev–Trinajstić information content (AvgIpc) is 2.29. The van der Waals surface area contributed by atoms with E-state index in [0.29, 0.717) is 17.6 Å². The van der Waals surface area contributed by atoms with Gasteiger partial charge in [0.15, 0.2) is 0 Å². The average molecular weight is 269 g/mol. The lowest BCUT2D eigenvalue weighted by molar-refractivity contribution is 0.233. The Morgan fingerprint density at radius 3 is 2.57 bits per heavy atom. The smallest absolute Gasteiger partial charge is 0.306 e. The van der Waals surface area contributed by atoms with Gasteiger partial charge in [0.25, 0.3) is 0 Å². The fraction of sp³-hybridized carbons (Fsp3) is 1.00. The fourth-order valence-corrected chi connectivity index (χ4v) is 3.10. The zero-order valence-electron chi connectivity index (χ0n) is 11.5. The fourth-order valence-electron chi connectivity index (χ4n) is 1.01. The van der Waals surface area contributed by atoms with Crippen LogP contribution < -0.4 is 5.09 Å². The summed E-state index contributed by atoms with van der Waals surface area (Å²) < 4.78 is 49.0. The first-order chi connectivity index (χ1) is 8.19. The van der Waals surface area contributed by atoms with Gasteiger partial charge in [-0.15, -0.1) is 23.2 Å². The number of nitrogens with zero attached hydrogens (tertiary/aromatic N) is 1. The molecule has 84 valence electrons. The van der Waals surface area contributed by atoms with E-state index in [4.69, 9.17) is 33.2 Å². The molecule has 1 unspecified atom stereocenters. The topological polar surface area (TPSA) is 41.6 Å². The molecule has 0 aliphatic carbocycles. The monoisotopic (exact) mass is 268 g/mol. The van der Waals surface area contributed by atoms with Gasteiger partial charge in [-0.25, -0.2) is 9.76 Å². The van der Waals surface area contributed by atoms with Gasteiger partial charge in [-0.05, 0) is 6.42 Å². The van der Waals surface area contributed by atoms with E-state index in [1.165, 1.54) is 0 Å². The number of halogens is 2. The van der Waals surface area contributed by atoms with E-state index in [2.05, 4.69) is 5.09 Å². The lowest BCUT2D eigenvalue weighted by Crippen LogP contribution is -2.35. The van der Waals surface area contributed by atoms with E-state index in [-0.39, 0.29) is 6.61 Å². The van der Waals surface area contributed by atoms with Crippen molar-refractivity contribution in [1.82, 2.24) is 9.76 Å². The molecule has 0 amide bonds. The molecule has 1 atom stereocenters. The number of alkyl halides is 2. The summed E-state index contributed by atoms with van der Waals surface area (Å²) in [6, 6.07) is 0. The van der Waals surface area contributed by atoms with E-state index in [1.807, 2.05) is 0 Å². The molecule has 1 aliphatic rings. The molecule has 7 heteroatoms. The number of nitrogens with one attached hydrogen (secondary N) is 1. The van der Waals surface area contributed by atoms with Crippen LogP contribution in [0.3, 0.4) is 0 Å². The zero-order valence-corrected chi connectivity index (χ0v) is 9.91. The largest absolute Gasteiger partial charge is 0.343 e. The summed E-state index contributed by atoms with van der Waals surface area (Å²) in [4.78, 5) is 0. The zero-order chi connectivity index (χ0) is 14.0. The third kappa shape index (κ3) is 3.37. The summed E-state index contributed by atoms with van der Waals surface area (Å²) in [5.41, 5.74) is 0. The van der Waals surface area contributed by atoms with Gasteiger partial charge >= 0.3 is 7.67 Å². The third-order valence-electron chi connectivity index (χ3n) is 1.58. The van der Waals surface area contributed by atoms with Gasteiger partial charge in [-0.2, -0.15) is 0 Å². The molecule has 4 nitrogen and oxygen atoms in total. The molecule has 1 rings (SSSR count). The second-order valence-electron chi connectivity index (χ2n) is 2.51. The molecule has 0 saturated carbocycles. The van der Waals surface area contributed by atoms with Gasteiger partial charge in [0.1, 0.15) is 0 Å². The van der Waals surface area contributed by atoms with Crippen molar-refractivity contribution in [2.24, 2.45) is 0 Å². The normalized spacial score (nSPS) is 34.5. The van der Waals surface area contributed by atoms with Crippen LogP contribution in [-0.2, 0) is 9.09 Å². The van der Waals surface area contributed by atoms with Crippen LogP contribution >= 0.6 is 30.9 Å². The van der Waals surface area contributed by atoms with Crippen LogP contribution in [0.15, 0.2) is 0 Å². The minimum atomic E-state index is -3.84. The Bertz CT molecular complexity index is 321. The lowest BCUT2D eigenvalue weighted by Gasteiger charge is -2.33. The molecule has 0 bridgehead atoms. The maximum atomic E-state index is 12.5. The first kappa shape index (κ1) is 7.88. The Labute approximate surface area is 100 Å². The molecular formula is C7H15Cl2N2O2P. The molecule has 0 aromatic rings. The number of hydrogen-bond acceptors (Lipinski definition) is 2. The second kappa shape index (κ2) is 6.31. The van der Waals surface area contributed by atoms with Crippen molar-refractivity contribution >= 4 is 30.9 Å². The molecule has 1 heterocycles. The molecule has 1 saturated heterocycles. The SMILES string of the molecule is [3H]C([3H])(CCl)N(C([3H])([3H])CCl)P1(=O)NCCCO1. The van der Waals surface area contributed by atoms with Crippen molar-refractivity contribution in [3.8, 4) is 0 Å². The van der Waals surface area contributed by atoms with Crippen molar-refractivity contribution in [2.45, 2.75) is 6.42 Å². The van der Waals surface area contributed by atoms with Crippen LogP contribution in [0.1, 0.15) is 11.9 Å². The van der Waals surface area contributed by atoms with Crippen molar-refractivity contribution in [1.29, 1.82) is 0 Å². The Morgan fingerprint density at radius 1 is 1.50 bits per heavy atom. The molecule has 14 heavy (non-hydrogen) atoms. The summed E-state index contributed by atoms with van der Waals surface area (Å²) in [7, 11) is -3.84. The van der Waals surface area contributed by atoms with Crippen LogP contribution in [0.4, 0.5) is 0 Å². The summed E-state index contributed by atoms with van der Waals surface area (Å²) in [6.07, 6.45) is 0.617. The van der Waals surface area contributed by atoms with Gasteiger partial charge in [0, 0.05) is 36.8 Å². The van der Waals surface area contributed by atoms with Gasteiger partial charge in [0.05, 0.1) is 6.61 Å². The Kier molecular flexibility index (Phi) is 3.55. The van der Waals surface area contributed by atoms with Crippen molar-refractivity contribution in [3.63, 3.8) is 0 Å². The van der Waals surface area contributed by atoms with E-state index in [0.717, 1.165) is 0 Å². The van der Waals surface area contributed by atoms with E-state index in [9.17, 15) is 4.57 Å². The maximum Gasteiger partial charge on any atom is 0.343 e. The van der Waals surface area contributed by atoms with E-state index >= 15 is 0 Å². The van der Waals surface area contributed by atoms with Crippen LogP contribution in [0.25, 0.3) is 0 Å². The minimum absolute atomic E-state index is 0.164. The maximum absolute atomic E-state index is 12.5. The van der Waals surface area contributed by atoms with Crippen LogP contribution in [0.5, 0.6) is 0 Å². The summed E-state index contributed by atoms with van der Waals surface area (Å²) in [5.74, 6) is -1.11. The second-order valence-corrected chi connectivity index (χ2v) is 5.06. The van der Waals surface area contributed by atoms with Gasteiger partial charge in [-0.1, -0.05) is 0 Å². The molecule has 0 spiro atoms. The highest BCUT2D eigenvalue weighted by atomic mass is 35.5. The van der Waals surface area contributed by atoms with Crippen LogP contribution in [0, 0.1) is 0 Å². The molecule has 0 radical (unpaired) electrons. The van der Waals surface area contributed by atoms with E-state index < -0.39 is 32.4 Å². The molecule has 1 N–H and O–H groups in total. The summed E-state index contributed by atoms with van der Waals surface area (Å²) >= 11 is 11.0. The highest BCUT2D eigenvalue weighted by molar-refractivity contribution is 7.54. The van der Waals surface area contributed by atoms with Crippen LogP contribution in [0.2, 0.25) is 0 Å². The van der Waals surface area contributed by atoms with Gasteiger partial charge < -0.3 is 4.52 Å². The molecule has 1 aliphatic heterocycles. The van der Waals surface area contributed by atoms with Crippen molar-refractivity contribution < 1.29 is 14.6 Å². The number of rotatable bonds is 5. The minimum Gasteiger partial charge on any atom is -0.306 e. The quantitative estimate of drug-likeness (QED) is 0.611. The molecule has 0 aromatic heterocycles. The highest BCUT2D eigenvalue weighted by Crippen LogP contribution is 2.47. The standard InChI is InChI=1S/C7H15Cl2N2O2P/c8-2-5-11(6-3-9)14(12)10-4-1-7-13-14/h1-7H2,(H,10,12)/i5T2,6T2. The lowest BCUT2D eigenvalue weighted by atomic mass is 10.5. The first-order valence-corrected chi connectivity index (χ1v) is 6.77. The highest BCUT2D eigenvalue weighted by Gasteiger charge is 2.32. The van der Waals surface area contributed by atoms with Crippen molar-refractivity contribution in [3.05, 3.63) is 0 Å². The predicted molar refractivity (Wildman–Crippen MR) is 59.2 cm³/mol. The van der Waals surface area contributed by atoms with Gasteiger partial charge in [0.2, 0.25) is 0 Å². The first-order valence-electron chi connectivity index (χ1n) is 6.12. The third-order valence-corrected chi connectivity index (χ3v) is 3.79. The number of hydrogen-bond donors (Lipinski definition) is 1. The Morgan fingerprint density at radius 2 is 2.14 bits per heavy atom. The predicted octanol–water partition coefficient (Wildman–Crippen LogP) is 1.88. The Balaban J connectivity index is 3.16. The Hall–Kier alpha value is 0.690. The van der Waals surface area contributed by atoms with Crippen LogP contribution in [-0.4, -0.2) is 42.6 Å². The van der Waals surface area contributed by atoms with Crippen molar-refractivity contribution in [2.75, 3.05) is 37.9 Å². The summed E-state index contributed by atoms with van der Waals surface area (Å²) in [6.45, 7) is -4.18. The molecule has 1 fully saturated rings.